The Hall–Kier alpha value is -2.45. The number of para-hydroxylation sites is 1. The topological polar surface area (TPSA) is 84.4 Å². The summed E-state index contributed by atoms with van der Waals surface area (Å²) in [7, 11) is 0. The molecule has 7 nitrogen and oxygen atoms in total. The lowest BCUT2D eigenvalue weighted by atomic mass is 10.2. The number of nitrogens with one attached hydrogen (secondary N) is 1. The van der Waals surface area contributed by atoms with E-state index in [1.165, 1.54) is 0 Å². The van der Waals surface area contributed by atoms with Crippen LogP contribution in [0, 0.1) is 6.92 Å². The first-order valence-electron chi connectivity index (χ1n) is 8.71. The van der Waals surface area contributed by atoms with Crippen molar-refractivity contribution < 1.29 is 13.6 Å². The molecule has 0 saturated carbocycles. The Morgan fingerprint density at radius 3 is 2.70 bits per heavy atom. The van der Waals surface area contributed by atoms with Crippen LogP contribution in [0.15, 0.2) is 49.9 Å². The lowest BCUT2D eigenvalue weighted by Gasteiger charge is -2.19. The summed E-state index contributed by atoms with van der Waals surface area (Å²) in [5, 5.41) is 11.0. The smallest absolute Gasteiger partial charge is 0.283 e. The van der Waals surface area contributed by atoms with Gasteiger partial charge < -0.3 is 14.2 Å². The first-order chi connectivity index (χ1) is 13.0. The highest BCUT2D eigenvalue weighted by Crippen LogP contribution is 2.24. The fraction of sp³-hybridized carbons (Fsp3) is 0.316. The molecule has 3 rings (SSSR count). The van der Waals surface area contributed by atoms with Gasteiger partial charge in [0.15, 0.2) is 10.4 Å². The van der Waals surface area contributed by atoms with Gasteiger partial charge in [-0.25, -0.2) is 0 Å². The van der Waals surface area contributed by atoms with Gasteiger partial charge >= 0.3 is 0 Å². The number of anilines is 1. The maximum absolute atomic E-state index is 12.4. The van der Waals surface area contributed by atoms with Gasteiger partial charge in [0.2, 0.25) is 11.8 Å². The van der Waals surface area contributed by atoms with E-state index in [1.54, 1.807) is 12.1 Å². The minimum absolute atomic E-state index is 0.0764. The summed E-state index contributed by atoms with van der Waals surface area (Å²) >= 11 is 3.25. The lowest BCUT2D eigenvalue weighted by Crippen LogP contribution is -2.33. The zero-order chi connectivity index (χ0) is 19.2. The van der Waals surface area contributed by atoms with E-state index in [2.05, 4.69) is 38.4 Å². The summed E-state index contributed by atoms with van der Waals surface area (Å²) in [4.78, 5) is 14.4. The van der Waals surface area contributed by atoms with Crippen LogP contribution in [0.5, 0.6) is 0 Å². The third-order valence-electron chi connectivity index (χ3n) is 3.94. The molecule has 0 radical (unpaired) electrons. The van der Waals surface area contributed by atoms with E-state index < -0.39 is 0 Å². The van der Waals surface area contributed by atoms with E-state index in [4.69, 9.17) is 8.83 Å². The van der Waals surface area contributed by atoms with Crippen molar-refractivity contribution in [1.82, 2.24) is 15.1 Å². The number of aryl methyl sites for hydroxylation is 1. The summed E-state index contributed by atoms with van der Waals surface area (Å²) in [5.41, 5.74) is 1.85. The van der Waals surface area contributed by atoms with Gasteiger partial charge in [0, 0.05) is 5.69 Å². The second-order valence-electron chi connectivity index (χ2n) is 6.18. The van der Waals surface area contributed by atoms with Gasteiger partial charge in [0.1, 0.15) is 0 Å². The molecule has 2 heterocycles. The number of hydrogen-bond donors (Lipinski definition) is 1. The Morgan fingerprint density at radius 2 is 2.00 bits per heavy atom. The highest BCUT2D eigenvalue weighted by atomic mass is 79.9. The molecule has 3 aromatic rings. The zero-order valence-corrected chi connectivity index (χ0v) is 16.8. The number of rotatable bonds is 8. The number of aromatic nitrogens is 2. The number of hydrogen-bond acceptors (Lipinski definition) is 6. The van der Waals surface area contributed by atoms with Crippen LogP contribution in [0.25, 0.3) is 11.7 Å². The Balaban J connectivity index is 1.63. The largest absolute Gasteiger partial charge is 0.444 e. The molecule has 0 unspecified atom stereocenters. The second kappa shape index (κ2) is 8.96. The van der Waals surface area contributed by atoms with E-state index in [0.717, 1.165) is 24.2 Å². The highest BCUT2D eigenvalue weighted by molar-refractivity contribution is 9.10. The number of nitrogens with zero attached hydrogens (tertiary/aromatic N) is 3. The molecule has 27 heavy (non-hydrogen) atoms. The van der Waals surface area contributed by atoms with E-state index in [9.17, 15) is 4.79 Å². The molecule has 0 saturated heterocycles. The van der Waals surface area contributed by atoms with Crippen molar-refractivity contribution in [2.45, 2.75) is 26.8 Å². The first kappa shape index (κ1) is 19.3. The molecule has 0 aliphatic rings. The molecular formula is C19H21BrN4O3. The number of amides is 1. The third-order valence-corrected chi connectivity index (χ3v) is 4.36. The van der Waals surface area contributed by atoms with Crippen molar-refractivity contribution in [2.24, 2.45) is 0 Å². The number of carbonyl (C=O) groups is 1. The number of benzene rings is 1. The molecule has 0 atom stereocenters. The first-order valence-corrected chi connectivity index (χ1v) is 9.50. The average Bonchev–Trinajstić information content (AvgIpc) is 3.26. The van der Waals surface area contributed by atoms with Gasteiger partial charge in [-0.05, 0) is 59.6 Å². The van der Waals surface area contributed by atoms with Crippen LogP contribution < -0.4 is 5.32 Å². The molecule has 1 amide bonds. The van der Waals surface area contributed by atoms with E-state index in [-0.39, 0.29) is 12.5 Å². The Kier molecular flexibility index (Phi) is 6.41. The van der Waals surface area contributed by atoms with Crippen LogP contribution >= 0.6 is 15.9 Å². The summed E-state index contributed by atoms with van der Waals surface area (Å²) in [6.45, 7) is 5.40. The fourth-order valence-corrected chi connectivity index (χ4v) is 2.98. The quantitative estimate of drug-likeness (QED) is 0.572. The third kappa shape index (κ3) is 5.27. The summed E-state index contributed by atoms with van der Waals surface area (Å²) in [6.07, 6.45) is 0.907. The van der Waals surface area contributed by atoms with Crippen LogP contribution in [0.2, 0.25) is 0 Å². The van der Waals surface area contributed by atoms with Crippen molar-refractivity contribution >= 4 is 27.5 Å². The van der Waals surface area contributed by atoms with Crippen molar-refractivity contribution in [3.63, 3.8) is 0 Å². The average molecular weight is 433 g/mol. The van der Waals surface area contributed by atoms with Crippen molar-refractivity contribution in [3.05, 3.63) is 52.5 Å². The van der Waals surface area contributed by atoms with Crippen molar-refractivity contribution in [2.75, 3.05) is 18.4 Å². The fourth-order valence-electron chi connectivity index (χ4n) is 2.67. The number of halogens is 1. The predicted molar refractivity (Wildman–Crippen MR) is 105 cm³/mol. The molecule has 0 spiro atoms. The molecule has 0 aliphatic heterocycles. The van der Waals surface area contributed by atoms with Gasteiger partial charge in [0.25, 0.3) is 5.89 Å². The normalized spacial score (nSPS) is 11.1. The maximum atomic E-state index is 12.4. The standard InChI is InChI=1S/C19H21BrN4O3/c1-3-10-24(11-17(25)21-14-7-5-4-6-13(14)2)12-18-22-23-19(27-18)15-8-9-16(20)26-15/h4-9H,3,10-12H2,1-2H3,(H,21,25). The maximum Gasteiger partial charge on any atom is 0.283 e. The van der Waals surface area contributed by atoms with Gasteiger partial charge in [-0.15, -0.1) is 10.2 Å². The Bertz CT molecular complexity index is 906. The predicted octanol–water partition coefficient (Wildman–Crippen LogP) is 4.25. The van der Waals surface area contributed by atoms with E-state index in [0.29, 0.717) is 28.8 Å². The SMILES string of the molecule is CCCN(CC(=O)Nc1ccccc1C)Cc1nnc(-c2ccc(Br)o2)o1. The zero-order valence-electron chi connectivity index (χ0n) is 15.2. The van der Waals surface area contributed by atoms with Gasteiger partial charge in [-0.3, -0.25) is 9.69 Å². The molecule has 8 heteroatoms. The molecular weight excluding hydrogens is 412 g/mol. The van der Waals surface area contributed by atoms with Crippen molar-refractivity contribution in [3.8, 4) is 11.7 Å². The van der Waals surface area contributed by atoms with Crippen LogP contribution in [0.1, 0.15) is 24.8 Å². The van der Waals surface area contributed by atoms with Crippen LogP contribution in [-0.2, 0) is 11.3 Å². The van der Waals surface area contributed by atoms with Gasteiger partial charge in [0.05, 0.1) is 13.1 Å². The molecule has 0 aliphatic carbocycles. The molecule has 1 N–H and O–H groups in total. The Labute approximate surface area is 165 Å². The van der Waals surface area contributed by atoms with Crippen LogP contribution in [0.3, 0.4) is 0 Å². The monoisotopic (exact) mass is 432 g/mol. The number of carbonyl (C=O) groups excluding carboxylic acids is 1. The minimum Gasteiger partial charge on any atom is -0.444 e. The van der Waals surface area contributed by atoms with Gasteiger partial charge in [-0.1, -0.05) is 25.1 Å². The van der Waals surface area contributed by atoms with Crippen LogP contribution in [-0.4, -0.2) is 34.1 Å². The second-order valence-corrected chi connectivity index (χ2v) is 6.96. The Morgan fingerprint density at radius 1 is 1.19 bits per heavy atom. The number of furan rings is 1. The summed E-state index contributed by atoms with van der Waals surface area (Å²) in [5.74, 6) is 1.18. The van der Waals surface area contributed by atoms with Crippen LogP contribution in [0.4, 0.5) is 5.69 Å². The van der Waals surface area contributed by atoms with E-state index in [1.807, 2.05) is 36.1 Å². The highest BCUT2D eigenvalue weighted by Gasteiger charge is 2.17. The molecule has 0 fully saturated rings. The molecule has 0 bridgehead atoms. The lowest BCUT2D eigenvalue weighted by molar-refractivity contribution is -0.117. The molecule has 1 aromatic carbocycles. The summed E-state index contributed by atoms with van der Waals surface area (Å²) < 4.78 is 11.7. The van der Waals surface area contributed by atoms with Crippen molar-refractivity contribution in [1.29, 1.82) is 0 Å². The minimum atomic E-state index is -0.0764. The van der Waals surface area contributed by atoms with E-state index >= 15 is 0 Å². The van der Waals surface area contributed by atoms with Gasteiger partial charge in [-0.2, -0.15) is 0 Å². The summed E-state index contributed by atoms with van der Waals surface area (Å²) in [6, 6.07) is 11.2. The molecule has 142 valence electrons. The molecule has 2 aromatic heterocycles.